The van der Waals surface area contributed by atoms with E-state index >= 15 is 0 Å². The minimum atomic E-state index is -0.659. The van der Waals surface area contributed by atoms with Crippen molar-refractivity contribution in [1.82, 2.24) is 10.2 Å². The molecule has 1 fully saturated rings. The van der Waals surface area contributed by atoms with Crippen LogP contribution in [0.2, 0.25) is 0 Å². The van der Waals surface area contributed by atoms with E-state index in [9.17, 15) is 9.59 Å². The molecular weight excluding hydrogens is 540 g/mol. The molecule has 0 spiro atoms. The fraction of sp³-hybridized carbons (Fsp3) is 0.375. The number of amides is 2. The van der Waals surface area contributed by atoms with Crippen molar-refractivity contribution in [1.29, 1.82) is 0 Å². The number of nitrogens with one attached hydrogen (secondary N) is 1. The number of hydrogen-bond donors (Lipinski definition) is 1. The molecule has 2 amide bonds. The number of carbonyl (C=O) groups excluding carboxylic acids is 2. The van der Waals surface area contributed by atoms with Crippen LogP contribution in [0.3, 0.4) is 0 Å². The maximum absolute atomic E-state index is 13.8. The van der Waals surface area contributed by atoms with Crippen LogP contribution in [-0.2, 0) is 22.6 Å². The van der Waals surface area contributed by atoms with Crippen LogP contribution >= 0.6 is 15.9 Å². The van der Waals surface area contributed by atoms with E-state index in [4.69, 9.17) is 4.74 Å². The zero-order valence-electron chi connectivity index (χ0n) is 22.3. The number of rotatable bonds is 10. The molecule has 1 aliphatic carbocycles. The van der Waals surface area contributed by atoms with Crippen LogP contribution in [0.5, 0.6) is 5.75 Å². The van der Waals surface area contributed by atoms with Gasteiger partial charge in [0, 0.05) is 23.5 Å². The van der Waals surface area contributed by atoms with Crippen molar-refractivity contribution in [3.8, 4) is 5.75 Å². The monoisotopic (exact) mass is 576 g/mol. The normalized spacial score (nSPS) is 14.5. The molecule has 200 valence electrons. The first-order chi connectivity index (χ1) is 18.4. The third-order valence-electron chi connectivity index (χ3n) is 7.15. The molecule has 5 nitrogen and oxygen atoms in total. The molecule has 1 saturated carbocycles. The zero-order valence-corrected chi connectivity index (χ0v) is 23.9. The van der Waals surface area contributed by atoms with Crippen LogP contribution in [0.4, 0.5) is 0 Å². The van der Waals surface area contributed by atoms with Gasteiger partial charge >= 0.3 is 0 Å². The summed E-state index contributed by atoms with van der Waals surface area (Å²) >= 11 is 3.54. The molecule has 1 N–H and O–H groups in total. The Bertz CT molecular complexity index is 1220. The standard InChI is InChI=1S/C32H37BrN2O3/c1-23-16-17-30(24(2)18-23)38-22-31(36)35(21-26-12-9-13-27(33)19-26)29(20-25-10-5-3-6-11-25)32(37)34-28-14-7-4-8-15-28/h3,5-6,9-13,16-19,28-29H,4,7-8,14-15,20-22H2,1-2H3,(H,34,37)/t29-/m1/s1. The van der Waals surface area contributed by atoms with Gasteiger partial charge in [-0.1, -0.05) is 95.4 Å². The second-order valence-electron chi connectivity index (χ2n) is 10.3. The Kier molecular flexibility index (Phi) is 9.99. The van der Waals surface area contributed by atoms with Crippen molar-refractivity contribution in [2.75, 3.05) is 6.61 Å². The molecule has 38 heavy (non-hydrogen) atoms. The van der Waals surface area contributed by atoms with Crippen molar-refractivity contribution in [3.05, 3.63) is 99.5 Å². The summed E-state index contributed by atoms with van der Waals surface area (Å²) in [7, 11) is 0. The quantitative estimate of drug-likeness (QED) is 0.298. The van der Waals surface area contributed by atoms with E-state index in [2.05, 4.69) is 21.2 Å². The van der Waals surface area contributed by atoms with Gasteiger partial charge in [0.1, 0.15) is 11.8 Å². The highest BCUT2D eigenvalue weighted by Gasteiger charge is 2.32. The predicted octanol–water partition coefficient (Wildman–Crippen LogP) is 6.53. The molecule has 0 heterocycles. The van der Waals surface area contributed by atoms with Crippen molar-refractivity contribution < 1.29 is 14.3 Å². The Balaban J connectivity index is 1.62. The summed E-state index contributed by atoms with van der Waals surface area (Å²) in [6.45, 7) is 4.17. The van der Waals surface area contributed by atoms with Crippen LogP contribution in [0.1, 0.15) is 54.4 Å². The molecule has 3 aromatic rings. The molecule has 1 aliphatic rings. The maximum atomic E-state index is 13.8. The van der Waals surface area contributed by atoms with Crippen LogP contribution in [0.25, 0.3) is 0 Å². The second-order valence-corrected chi connectivity index (χ2v) is 11.2. The Labute approximate surface area is 234 Å². The molecule has 0 bridgehead atoms. The number of ether oxygens (including phenoxy) is 1. The lowest BCUT2D eigenvalue weighted by Crippen LogP contribution is -2.53. The van der Waals surface area contributed by atoms with Gasteiger partial charge in [0.2, 0.25) is 5.91 Å². The van der Waals surface area contributed by atoms with Gasteiger partial charge < -0.3 is 15.0 Å². The Morgan fingerprint density at radius 3 is 2.39 bits per heavy atom. The molecule has 0 unspecified atom stereocenters. The lowest BCUT2D eigenvalue weighted by Gasteiger charge is -2.33. The van der Waals surface area contributed by atoms with E-state index in [1.807, 2.05) is 86.6 Å². The molecule has 0 radical (unpaired) electrons. The highest BCUT2D eigenvalue weighted by atomic mass is 79.9. The highest BCUT2D eigenvalue weighted by molar-refractivity contribution is 9.10. The summed E-state index contributed by atoms with van der Waals surface area (Å²) in [6.07, 6.45) is 5.86. The molecule has 4 rings (SSSR count). The van der Waals surface area contributed by atoms with Gasteiger partial charge in [-0.3, -0.25) is 9.59 Å². The van der Waals surface area contributed by atoms with Crippen molar-refractivity contribution >= 4 is 27.7 Å². The lowest BCUT2D eigenvalue weighted by atomic mass is 9.94. The van der Waals surface area contributed by atoms with Crippen LogP contribution < -0.4 is 10.1 Å². The molecule has 6 heteroatoms. The average Bonchev–Trinajstić information content (AvgIpc) is 2.91. The molecule has 0 saturated heterocycles. The summed E-state index contributed by atoms with van der Waals surface area (Å²) in [5, 5.41) is 3.28. The summed E-state index contributed by atoms with van der Waals surface area (Å²) in [5.74, 6) is 0.359. The van der Waals surface area contributed by atoms with Gasteiger partial charge in [-0.05, 0) is 61.6 Å². The summed E-state index contributed by atoms with van der Waals surface area (Å²) in [6, 6.07) is 23.2. The van der Waals surface area contributed by atoms with Crippen molar-refractivity contribution in [2.24, 2.45) is 0 Å². The highest BCUT2D eigenvalue weighted by Crippen LogP contribution is 2.22. The first-order valence-corrected chi connectivity index (χ1v) is 14.3. The summed E-state index contributed by atoms with van der Waals surface area (Å²) in [4.78, 5) is 29.3. The van der Waals surface area contributed by atoms with Gasteiger partial charge in [0.25, 0.3) is 5.91 Å². The predicted molar refractivity (Wildman–Crippen MR) is 155 cm³/mol. The van der Waals surface area contributed by atoms with Crippen LogP contribution in [0.15, 0.2) is 77.3 Å². The molecule has 0 aliphatic heterocycles. The van der Waals surface area contributed by atoms with Crippen molar-refractivity contribution in [3.63, 3.8) is 0 Å². The van der Waals surface area contributed by atoms with Gasteiger partial charge in [-0.2, -0.15) is 0 Å². The SMILES string of the molecule is Cc1ccc(OCC(=O)N(Cc2cccc(Br)c2)[C@H](Cc2ccccc2)C(=O)NC2CCCCC2)c(C)c1. The van der Waals surface area contributed by atoms with Crippen molar-refractivity contribution in [2.45, 2.75) is 71.0 Å². The van der Waals surface area contributed by atoms with E-state index in [-0.39, 0.29) is 24.5 Å². The van der Waals surface area contributed by atoms with Gasteiger partial charge in [0.05, 0.1) is 0 Å². The smallest absolute Gasteiger partial charge is 0.261 e. The van der Waals surface area contributed by atoms with E-state index in [0.29, 0.717) is 18.7 Å². The van der Waals surface area contributed by atoms with Crippen LogP contribution in [0, 0.1) is 13.8 Å². The minimum absolute atomic E-state index is 0.101. The minimum Gasteiger partial charge on any atom is -0.483 e. The first kappa shape index (κ1) is 27.9. The molecule has 0 aromatic heterocycles. The Hall–Kier alpha value is -3.12. The van der Waals surface area contributed by atoms with Gasteiger partial charge in [0.15, 0.2) is 6.61 Å². The fourth-order valence-electron chi connectivity index (χ4n) is 5.11. The van der Waals surface area contributed by atoms with E-state index in [1.54, 1.807) is 4.90 Å². The Morgan fingerprint density at radius 2 is 1.68 bits per heavy atom. The largest absolute Gasteiger partial charge is 0.483 e. The third kappa shape index (κ3) is 7.94. The van der Waals surface area contributed by atoms with Gasteiger partial charge in [-0.25, -0.2) is 0 Å². The van der Waals surface area contributed by atoms with E-state index in [0.717, 1.165) is 52.4 Å². The topological polar surface area (TPSA) is 58.6 Å². The maximum Gasteiger partial charge on any atom is 0.261 e. The molecule has 3 aromatic carbocycles. The first-order valence-electron chi connectivity index (χ1n) is 13.5. The summed E-state index contributed by atoms with van der Waals surface area (Å²) < 4.78 is 6.92. The second kappa shape index (κ2) is 13.6. The molecular formula is C32H37BrN2O3. The number of hydrogen-bond acceptors (Lipinski definition) is 3. The Morgan fingerprint density at radius 1 is 0.947 bits per heavy atom. The van der Waals surface area contributed by atoms with E-state index in [1.165, 1.54) is 6.42 Å². The van der Waals surface area contributed by atoms with E-state index < -0.39 is 6.04 Å². The third-order valence-corrected chi connectivity index (χ3v) is 7.64. The lowest BCUT2D eigenvalue weighted by molar-refractivity contribution is -0.143. The number of aryl methyl sites for hydroxylation is 2. The fourth-order valence-corrected chi connectivity index (χ4v) is 5.56. The molecule has 1 atom stereocenters. The summed E-state index contributed by atoms with van der Waals surface area (Å²) in [5.41, 5.74) is 4.08. The number of nitrogens with zero attached hydrogens (tertiary/aromatic N) is 1. The van der Waals surface area contributed by atoms with Gasteiger partial charge in [-0.15, -0.1) is 0 Å². The number of halogens is 1. The number of carbonyl (C=O) groups is 2. The number of benzene rings is 3. The zero-order chi connectivity index (χ0) is 26.9. The average molecular weight is 578 g/mol. The van der Waals surface area contributed by atoms with Crippen LogP contribution in [-0.4, -0.2) is 35.4 Å².